The number of nitrogens with two attached hydrogens (primary N) is 1. The fraction of sp³-hybridized carbons (Fsp3) is 0.294. The molecule has 0 unspecified atom stereocenters. The van der Waals surface area contributed by atoms with Crippen LogP contribution in [0, 0.1) is 5.82 Å². The van der Waals surface area contributed by atoms with Crippen LogP contribution in [0.3, 0.4) is 0 Å². The van der Waals surface area contributed by atoms with Gasteiger partial charge in [0.05, 0.1) is 5.41 Å². The summed E-state index contributed by atoms with van der Waals surface area (Å²) < 4.78 is 14.1. The molecule has 6 heteroatoms. The highest BCUT2D eigenvalue weighted by Crippen LogP contribution is 2.36. The van der Waals surface area contributed by atoms with Gasteiger partial charge in [-0.15, -0.1) is 0 Å². The number of hydrogen-bond donors (Lipinski definition) is 1. The Morgan fingerprint density at radius 2 is 1.83 bits per heavy atom. The molecule has 2 N–H and O–H groups in total. The second kappa shape index (κ2) is 6.28. The van der Waals surface area contributed by atoms with Gasteiger partial charge in [0.1, 0.15) is 11.6 Å². The molecule has 0 bridgehead atoms. The molecule has 1 aliphatic rings. The van der Waals surface area contributed by atoms with E-state index in [0.29, 0.717) is 25.9 Å². The number of nitrogens with zero attached hydrogens (tertiary/aromatic N) is 2. The van der Waals surface area contributed by atoms with Crippen LogP contribution in [0.5, 0.6) is 0 Å². The predicted octanol–water partition coefficient (Wildman–Crippen LogP) is 3.01. The third-order valence-corrected chi connectivity index (χ3v) is 4.99. The second-order valence-electron chi connectivity index (χ2n) is 5.77. The second-order valence-corrected chi connectivity index (χ2v) is 6.69. The smallest absolute Gasteiger partial charge is 0.228 e. The van der Waals surface area contributed by atoms with Crippen molar-refractivity contribution in [1.29, 1.82) is 0 Å². The van der Waals surface area contributed by atoms with Crippen LogP contribution < -0.4 is 10.6 Å². The highest BCUT2D eigenvalue weighted by molar-refractivity contribution is 9.10. The number of carbonyl (C=O) groups is 1. The Labute approximate surface area is 142 Å². The van der Waals surface area contributed by atoms with Gasteiger partial charge in [0.15, 0.2) is 0 Å². The molecule has 0 atom stereocenters. The van der Waals surface area contributed by atoms with E-state index in [1.165, 1.54) is 12.1 Å². The van der Waals surface area contributed by atoms with E-state index in [0.717, 1.165) is 15.9 Å². The molecule has 2 aromatic rings. The van der Waals surface area contributed by atoms with Crippen LogP contribution in [0.15, 0.2) is 47.1 Å². The number of rotatable bonds is 3. The topological polar surface area (TPSA) is 59.2 Å². The van der Waals surface area contributed by atoms with Crippen LogP contribution in [0.4, 0.5) is 10.2 Å². The molecule has 0 radical (unpaired) electrons. The first-order chi connectivity index (χ1) is 11.0. The van der Waals surface area contributed by atoms with Gasteiger partial charge in [0.2, 0.25) is 5.91 Å². The van der Waals surface area contributed by atoms with Crippen molar-refractivity contribution >= 4 is 27.7 Å². The zero-order valence-corrected chi connectivity index (χ0v) is 14.1. The minimum Gasteiger partial charge on any atom is -0.369 e. The van der Waals surface area contributed by atoms with E-state index < -0.39 is 5.41 Å². The van der Waals surface area contributed by atoms with E-state index in [1.807, 2.05) is 12.1 Å². The lowest BCUT2D eigenvalue weighted by Gasteiger charge is -2.40. The van der Waals surface area contributed by atoms with Gasteiger partial charge in [-0.25, -0.2) is 9.37 Å². The van der Waals surface area contributed by atoms with Crippen molar-refractivity contribution in [3.63, 3.8) is 0 Å². The van der Waals surface area contributed by atoms with Crippen LogP contribution in [-0.2, 0) is 10.2 Å². The lowest BCUT2D eigenvalue weighted by Crippen LogP contribution is -2.50. The fourth-order valence-electron chi connectivity index (χ4n) is 3.12. The Morgan fingerprint density at radius 1 is 1.17 bits per heavy atom. The first-order valence-electron chi connectivity index (χ1n) is 7.44. The summed E-state index contributed by atoms with van der Waals surface area (Å²) in [6.45, 7) is 1.35. The lowest BCUT2D eigenvalue weighted by atomic mass is 9.72. The lowest BCUT2D eigenvalue weighted by molar-refractivity contribution is -0.124. The summed E-state index contributed by atoms with van der Waals surface area (Å²) in [5.74, 6) is 0.211. The van der Waals surface area contributed by atoms with Crippen LogP contribution in [0.25, 0.3) is 0 Å². The maximum absolute atomic E-state index is 13.2. The van der Waals surface area contributed by atoms with Gasteiger partial charge in [-0.3, -0.25) is 4.79 Å². The molecule has 0 saturated carbocycles. The first kappa shape index (κ1) is 15.9. The predicted molar refractivity (Wildman–Crippen MR) is 90.7 cm³/mol. The SMILES string of the molecule is NC(=O)C1(c2ccc(F)cc2)CCN(c2ccc(Br)cn2)CC1. The first-order valence-corrected chi connectivity index (χ1v) is 8.23. The monoisotopic (exact) mass is 377 g/mol. The molecule has 1 aromatic heterocycles. The molecule has 1 fully saturated rings. The van der Waals surface area contributed by atoms with E-state index in [9.17, 15) is 9.18 Å². The maximum atomic E-state index is 13.2. The van der Waals surface area contributed by atoms with Crippen molar-refractivity contribution in [3.05, 3.63) is 58.4 Å². The van der Waals surface area contributed by atoms with Crippen LogP contribution in [0.2, 0.25) is 0 Å². The van der Waals surface area contributed by atoms with E-state index in [1.54, 1.807) is 18.3 Å². The zero-order valence-electron chi connectivity index (χ0n) is 12.5. The highest BCUT2D eigenvalue weighted by Gasteiger charge is 2.41. The third-order valence-electron chi connectivity index (χ3n) is 4.52. The summed E-state index contributed by atoms with van der Waals surface area (Å²) >= 11 is 3.37. The number of halogens is 2. The normalized spacial score (nSPS) is 17.0. The van der Waals surface area contributed by atoms with E-state index >= 15 is 0 Å². The van der Waals surface area contributed by atoms with Crippen molar-refractivity contribution in [2.75, 3.05) is 18.0 Å². The van der Waals surface area contributed by atoms with Crippen molar-refractivity contribution in [2.45, 2.75) is 18.3 Å². The Balaban J connectivity index is 1.82. The maximum Gasteiger partial charge on any atom is 0.228 e. The average molecular weight is 378 g/mol. The van der Waals surface area contributed by atoms with Gasteiger partial charge in [-0.2, -0.15) is 0 Å². The summed E-state index contributed by atoms with van der Waals surface area (Å²) in [7, 11) is 0. The molecule has 0 aliphatic carbocycles. The van der Waals surface area contributed by atoms with Gasteiger partial charge in [0.25, 0.3) is 0 Å². The quantitative estimate of drug-likeness (QED) is 0.894. The molecule has 4 nitrogen and oxygen atoms in total. The minimum atomic E-state index is -0.737. The number of hydrogen-bond acceptors (Lipinski definition) is 3. The van der Waals surface area contributed by atoms with Crippen molar-refractivity contribution < 1.29 is 9.18 Å². The molecule has 1 saturated heterocycles. The Kier molecular flexibility index (Phi) is 4.35. The molecule has 120 valence electrons. The number of carbonyl (C=O) groups excluding carboxylic acids is 1. The standard InChI is InChI=1S/C17H17BrFN3O/c18-13-3-6-15(21-11-13)22-9-7-17(8-10-22,16(20)23)12-1-4-14(19)5-2-12/h1-6,11H,7-10H2,(H2,20,23). The highest BCUT2D eigenvalue weighted by atomic mass is 79.9. The van der Waals surface area contributed by atoms with Gasteiger partial charge >= 0.3 is 0 Å². The summed E-state index contributed by atoms with van der Waals surface area (Å²) in [5, 5.41) is 0. The largest absolute Gasteiger partial charge is 0.369 e. The molecule has 1 aliphatic heterocycles. The molecule has 1 aromatic carbocycles. The average Bonchev–Trinajstić information content (AvgIpc) is 2.56. The van der Waals surface area contributed by atoms with Crippen molar-refractivity contribution in [2.24, 2.45) is 5.73 Å². The number of aromatic nitrogens is 1. The zero-order chi connectivity index (χ0) is 16.4. The Morgan fingerprint density at radius 3 is 2.35 bits per heavy atom. The van der Waals surface area contributed by atoms with E-state index in [-0.39, 0.29) is 11.7 Å². The van der Waals surface area contributed by atoms with Gasteiger partial charge in [0, 0.05) is 23.8 Å². The number of amides is 1. The molecule has 23 heavy (non-hydrogen) atoms. The molecule has 0 spiro atoms. The van der Waals surface area contributed by atoms with Gasteiger partial charge in [-0.1, -0.05) is 12.1 Å². The molecule has 1 amide bonds. The van der Waals surface area contributed by atoms with Crippen LogP contribution in [0.1, 0.15) is 18.4 Å². The summed E-state index contributed by atoms with van der Waals surface area (Å²) in [5.41, 5.74) is 5.75. The Bertz CT molecular complexity index is 695. The number of piperidine rings is 1. The molecule has 2 heterocycles. The summed E-state index contributed by atoms with van der Waals surface area (Å²) in [6, 6.07) is 9.96. The molecule has 3 rings (SSSR count). The van der Waals surface area contributed by atoms with Crippen molar-refractivity contribution in [1.82, 2.24) is 4.98 Å². The van der Waals surface area contributed by atoms with Crippen LogP contribution >= 0.6 is 15.9 Å². The summed E-state index contributed by atoms with van der Waals surface area (Å²) in [4.78, 5) is 18.7. The molecular weight excluding hydrogens is 361 g/mol. The van der Waals surface area contributed by atoms with E-state index in [2.05, 4.69) is 25.8 Å². The number of pyridine rings is 1. The van der Waals surface area contributed by atoms with E-state index in [4.69, 9.17) is 5.73 Å². The fourth-order valence-corrected chi connectivity index (χ4v) is 3.35. The van der Waals surface area contributed by atoms with Crippen molar-refractivity contribution in [3.8, 4) is 0 Å². The van der Waals surface area contributed by atoms with Gasteiger partial charge in [-0.05, 0) is 58.6 Å². The number of primary amides is 1. The minimum absolute atomic E-state index is 0.315. The van der Waals surface area contributed by atoms with Crippen LogP contribution in [-0.4, -0.2) is 24.0 Å². The number of anilines is 1. The molecular formula is C17H17BrFN3O. The Hall–Kier alpha value is -1.95. The third kappa shape index (κ3) is 3.08. The summed E-state index contributed by atoms with van der Waals surface area (Å²) in [6.07, 6.45) is 2.93. The van der Waals surface area contributed by atoms with Gasteiger partial charge < -0.3 is 10.6 Å². The number of benzene rings is 1.